The first-order chi connectivity index (χ1) is 18.3. The highest BCUT2D eigenvalue weighted by molar-refractivity contribution is 6.10. The van der Waals surface area contributed by atoms with Crippen molar-refractivity contribution in [2.45, 2.75) is 59.3 Å². The van der Waals surface area contributed by atoms with Crippen LogP contribution in [0.15, 0.2) is 65.1 Å². The van der Waals surface area contributed by atoms with E-state index in [1.165, 1.54) is 16.6 Å². The fraction of sp³-hybridized carbons (Fsp3) is 0.324. The lowest BCUT2D eigenvalue weighted by molar-refractivity contribution is -0.634. The number of aryl methyl sites for hydroxylation is 3. The van der Waals surface area contributed by atoms with Gasteiger partial charge in [-0.1, -0.05) is 71.9 Å². The number of nitrogens with zero attached hydrogens (tertiary/aromatic N) is 4. The third-order valence-corrected chi connectivity index (χ3v) is 7.83. The van der Waals surface area contributed by atoms with Crippen molar-refractivity contribution in [3.8, 4) is 22.8 Å². The van der Waals surface area contributed by atoms with E-state index in [1.54, 1.807) is 0 Å². The average Bonchev–Trinajstić information content (AvgIpc) is 3.37. The van der Waals surface area contributed by atoms with E-state index in [9.17, 15) is 0 Å². The molecule has 0 N–H and O–H groups in total. The molecule has 198 valence electrons. The molecule has 0 aliphatic rings. The Morgan fingerprint density at radius 2 is 1.44 bits per heavy atom. The summed E-state index contributed by atoms with van der Waals surface area (Å²) in [6, 6.07) is 21.4. The summed E-state index contributed by atoms with van der Waals surface area (Å²) in [6.07, 6.45) is 0. The van der Waals surface area contributed by atoms with Gasteiger partial charge in [-0.05, 0) is 42.8 Å². The Bertz CT molecular complexity index is 1840. The number of fused-ring (bicyclic) bond motifs is 4. The average molecular weight is 518 g/mol. The van der Waals surface area contributed by atoms with Crippen LogP contribution in [0.5, 0.6) is 0 Å². The fourth-order valence-corrected chi connectivity index (χ4v) is 5.52. The second kappa shape index (κ2) is 8.51. The highest BCUT2D eigenvalue weighted by Crippen LogP contribution is 2.39. The van der Waals surface area contributed by atoms with Crippen LogP contribution in [0.1, 0.15) is 58.5 Å². The molecule has 0 bridgehead atoms. The maximum absolute atomic E-state index is 6.70. The molecule has 39 heavy (non-hydrogen) atoms. The summed E-state index contributed by atoms with van der Waals surface area (Å²) < 4.78 is 11.2. The SMILES string of the molecule is Cc1ccc2c(oc3cc(-c4nc(C(C)(C)C)cc(C(C)(C)C)n4)ccc32)c1-c1n(C)c2ccccc2[n+]1C. The van der Waals surface area contributed by atoms with Gasteiger partial charge in [0.2, 0.25) is 0 Å². The molecule has 0 saturated carbocycles. The van der Waals surface area contributed by atoms with Crippen molar-refractivity contribution in [2.75, 3.05) is 0 Å². The number of aromatic nitrogens is 4. The van der Waals surface area contributed by atoms with Gasteiger partial charge in [0.25, 0.3) is 5.82 Å². The molecule has 0 atom stereocenters. The standard InChI is InChI=1S/C34H37N4O/c1-20-14-16-23-22-17-15-21(31-35-27(33(2,3)4)19-28(36-31)34(5,6)7)18-26(22)39-30(23)29(20)32-37(8)24-12-10-11-13-25(24)38(32)9/h10-19H,1-9H3/q+1. The quantitative estimate of drug-likeness (QED) is 0.219. The third-order valence-electron chi connectivity index (χ3n) is 7.83. The predicted molar refractivity (Wildman–Crippen MR) is 160 cm³/mol. The van der Waals surface area contributed by atoms with Crippen LogP contribution in [0.2, 0.25) is 0 Å². The van der Waals surface area contributed by atoms with Gasteiger partial charge in [-0.15, -0.1) is 0 Å². The van der Waals surface area contributed by atoms with Gasteiger partial charge >= 0.3 is 0 Å². The molecule has 0 unspecified atom stereocenters. The molecule has 0 spiro atoms. The Kier molecular flexibility index (Phi) is 5.52. The maximum Gasteiger partial charge on any atom is 0.293 e. The monoisotopic (exact) mass is 517 g/mol. The van der Waals surface area contributed by atoms with Gasteiger partial charge in [-0.25, -0.2) is 19.1 Å². The van der Waals surface area contributed by atoms with E-state index < -0.39 is 0 Å². The molecule has 0 aliphatic heterocycles. The summed E-state index contributed by atoms with van der Waals surface area (Å²) in [5, 5.41) is 2.21. The van der Waals surface area contributed by atoms with Crippen LogP contribution in [0.25, 0.3) is 55.7 Å². The molecule has 5 heteroatoms. The molecule has 3 heterocycles. The summed E-state index contributed by atoms with van der Waals surface area (Å²) in [5.74, 6) is 1.86. The molecule has 0 fully saturated rings. The first kappa shape index (κ1) is 25.3. The highest BCUT2D eigenvalue weighted by Gasteiger charge is 2.28. The first-order valence-corrected chi connectivity index (χ1v) is 13.6. The summed E-state index contributed by atoms with van der Waals surface area (Å²) in [6.45, 7) is 15.4. The van der Waals surface area contributed by atoms with Crippen molar-refractivity contribution in [1.82, 2.24) is 14.5 Å². The largest absolute Gasteiger partial charge is 0.455 e. The van der Waals surface area contributed by atoms with Crippen LogP contribution in [0.3, 0.4) is 0 Å². The van der Waals surface area contributed by atoms with Crippen LogP contribution < -0.4 is 4.57 Å². The molecule has 3 aromatic heterocycles. The Hall–Kier alpha value is -3.99. The van der Waals surface area contributed by atoms with Gasteiger partial charge in [0.15, 0.2) is 22.4 Å². The van der Waals surface area contributed by atoms with Crippen LogP contribution in [0.4, 0.5) is 0 Å². The number of hydrogen-bond acceptors (Lipinski definition) is 3. The van der Waals surface area contributed by atoms with Crippen LogP contribution in [-0.4, -0.2) is 14.5 Å². The lowest BCUT2D eigenvalue weighted by Gasteiger charge is -2.24. The number of para-hydroxylation sites is 2. The normalized spacial score (nSPS) is 12.7. The van der Waals surface area contributed by atoms with Crippen molar-refractivity contribution in [2.24, 2.45) is 14.1 Å². The predicted octanol–water partition coefficient (Wildman–Crippen LogP) is 7.93. The minimum absolute atomic E-state index is 0.0816. The van der Waals surface area contributed by atoms with Crippen LogP contribution in [0, 0.1) is 6.92 Å². The van der Waals surface area contributed by atoms with Crippen molar-refractivity contribution < 1.29 is 8.98 Å². The smallest absolute Gasteiger partial charge is 0.293 e. The van der Waals surface area contributed by atoms with Crippen molar-refractivity contribution in [1.29, 1.82) is 0 Å². The number of imidazole rings is 1. The fourth-order valence-electron chi connectivity index (χ4n) is 5.52. The Labute approximate surface area is 230 Å². The molecule has 0 amide bonds. The third kappa shape index (κ3) is 4.03. The molecular formula is C34H37N4O+. The van der Waals surface area contributed by atoms with E-state index in [0.29, 0.717) is 0 Å². The molecular weight excluding hydrogens is 480 g/mol. The van der Waals surface area contributed by atoms with Crippen LogP contribution >= 0.6 is 0 Å². The lowest BCUT2D eigenvalue weighted by atomic mass is 9.86. The Morgan fingerprint density at radius 1 is 0.795 bits per heavy atom. The summed E-state index contributed by atoms with van der Waals surface area (Å²) in [7, 11) is 4.26. The lowest BCUT2D eigenvalue weighted by Crippen LogP contribution is -2.30. The summed E-state index contributed by atoms with van der Waals surface area (Å²) >= 11 is 0. The minimum atomic E-state index is -0.0816. The summed E-state index contributed by atoms with van der Waals surface area (Å²) in [5.41, 5.74) is 9.32. The Balaban J connectivity index is 1.59. The molecule has 6 rings (SSSR count). The zero-order chi connectivity index (χ0) is 27.9. The first-order valence-electron chi connectivity index (χ1n) is 13.6. The maximum atomic E-state index is 6.70. The highest BCUT2D eigenvalue weighted by atomic mass is 16.3. The zero-order valence-electron chi connectivity index (χ0n) is 24.5. The Morgan fingerprint density at radius 3 is 2.08 bits per heavy atom. The summed E-state index contributed by atoms with van der Waals surface area (Å²) in [4.78, 5) is 10.0. The van der Waals surface area contributed by atoms with Gasteiger partial charge in [0, 0.05) is 27.2 Å². The van der Waals surface area contributed by atoms with E-state index in [0.717, 1.165) is 56.1 Å². The molecule has 0 aliphatic carbocycles. The topological polar surface area (TPSA) is 47.7 Å². The van der Waals surface area contributed by atoms with Gasteiger partial charge < -0.3 is 4.42 Å². The van der Waals surface area contributed by atoms with E-state index in [2.05, 4.69) is 132 Å². The van der Waals surface area contributed by atoms with Crippen molar-refractivity contribution in [3.05, 3.63) is 77.6 Å². The van der Waals surface area contributed by atoms with Crippen LogP contribution in [-0.2, 0) is 24.9 Å². The number of rotatable bonds is 2. The number of benzene rings is 3. The van der Waals surface area contributed by atoms with E-state index in [1.807, 2.05) is 0 Å². The molecule has 0 saturated heterocycles. The van der Waals surface area contributed by atoms with Crippen molar-refractivity contribution >= 4 is 33.0 Å². The number of hydrogen-bond donors (Lipinski definition) is 0. The van der Waals surface area contributed by atoms with Gasteiger partial charge in [0.1, 0.15) is 11.1 Å². The molecule has 0 radical (unpaired) electrons. The van der Waals surface area contributed by atoms with Crippen molar-refractivity contribution in [3.63, 3.8) is 0 Å². The second-order valence-corrected chi connectivity index (χ2v) is 12.8. The minimum Gasteiger partial charge on any atom is -0.455 e. The zero-order valence-corrected chi connectivity index (χ0v) is 24.5. The second-order valence-electron chi connectivity index (χ2n) is 12.8. The van der Waals surface area contributed by atoms with Gasteiger partial charge in [-0.3, -0.25) is 0 Å². The van der Waals surface area contributed by atoms with E-state index in [-0.39, 0.29) is 10.8 Å². The van der Waals surface area contributed by atoms with Gasteiger partial charge in [0.05, 0.1) is 25.5 Å². The van der Waals surface area contributed by atoms with Gasteiger partial charge in [-0.2, -0.15) is 0 Å². The van der Waals surface area contributed by atoms with E-state index >= 15 is 0 Å². The molecule has 5 nitrogen and oxygen atoms in total. The van der Waals surface area contributed by atoms with E-state index in [4.69, 9.17) is 14.4 Å². The molecule has 6 aromatic rings. The number of furan rings is 1. The molecule has 3 aromatic carbocycles.